The van der Waals surface area contributed by atoms with E-state index in [9.17, 15) is 20.0 Å². The van der Waals surface area contributed by atoms with Crippen molar-refractivity contribution in [3.05, 3.63) is 22.1 Å². The molecule has 0 aliphatic rings. The molecule has 21 heavy (non-hydrogen) atoms. The van der Waals surface area contributed by atoms with E-state index in [1.165, 1.54) is 10.8 Å². The average molecular weight is 298 g/mol. The minimum atomic E-state index is -0.590. The lowest BCUT2D eigenvalue weighted by Crippen LogP contribution is -2.37. The molecule has 1 amide bonds. The number of nitrogens with zero attached hydrogens (tertiary/aromatic N) is 3. The van der Waals surface area contributed by atoms with Crippen LogP contribution in [0.1, 0.15) is 33.0 Å². The summed E-state index contributed by atoms with van der Waals surface area (Å²) in [7, 11) is 0. The van der Waals surface area contributed by atoms with E-state index >= 15 is 0 Å². The van der Waals surface area contributed by atoms with Gasteiger partial charge in [0.2, 0.25) is 11.7 Å². The van der Waals surface area contributed by atoms with E-state index in [0.29, 0.717) is 18.8 Å². The summed E-state index contributed by atoms with van der Waals surface area (Å²) in [6.45, 7) is 7.62. The van der Waals surface area contributed by atoms with E-state index < -0.39 is 11.0 Å². The molecule has 8 heteroatoms. The van der Waals surface area contributed by atoms with Gasteiger partial charge in [0.1, 0.15) is 12.7 Å². The molecule has 118 valence electrons. The molecule has 8 nitrogen and oxygen atoms in total. The number of hydrogen-bond donors (Lipinski definition) is 2. The predicted molar refractivity (Wildman–Crippen MR) is 76.7 cm³/mol. The van der Waals surface area contributed by atoms with Crippen LogP contribution >= 0.6 is 0 Å². The van der Waals surface area contributed by atoms with Gasteiger partial charge in [0.15, 0.2) is 0 Å². The fourth-order valence-electron chi connectivity index (χ4n) is 2.16. The van der Waals surface area contributed by atoms with Crippen LogP contribution in [-0.2, 0) is 11.3 Å². The van der Waals surface area contributed by atoms with Crippen molar-refractivity contribution in [3.8, 4) is 0 Å². The van der Waals surface area contributed by atoms with Crippen molar-refractivity contribution in [1.82, 2.24) is 14.9 Å². The van der Waals surface area contributed by atoms with Gasteiger partial charge < -0.3 is 20.5 Å². The van der Waals surface area contributed by atoms with Crippen molar-refractivity contribution in [3.63, 3.8) is 0 Å². The quantitative estimate of drug-likeness (QED) is 0.576. The molecule has 1 unspecified atom stereocenters. The molecule has 1 aromatic heterocycles. The van der Waals surface area contributed by atoms with Crippen molar-refractivity contribution in [2.24, 2.45) is 5.41 Å². The molecule has 0 aromatic carbocycles. The number of aryl methyl sites for hydroxylation is 1. The summed E-state index contributed by atoms with van der Waals surface area (Å²) in [6.07, 6.45) is 1.38. The lowest BCUT2D eigenvalue weighted by atomic mass is 9.87. The third-order valence-electron chi connectivity index (χ3n) is 3.08. The number of imidazole rings is 1. The lowest BCUT2D eigenvalue weighted by Gasteiger charge is -2.26. The SMILES string of the molecule is Cc1nc([N+](=O)[O-])cn1CC(=O)NCC(C)(C)CC(C)O. The van der Waals surface area contributed by atoms with Crippen LogP contribution < -0.4 is 5.32 Å². The molecule has 0 saturated heterocycles. The molecule has 0 fully saturated rings. The normalized spacial score (nSPS) is 13.0. The highest BCUT2D eigenvalue weighted by molar-refractivity contribution is 5.75. The molecule has 0 radical (unpaired) electrons. The van der Waals surface area contributed by atoms with Gasteiger partial charge in [0.05, 0.1) is 6.10 Å². The Balaban J connectivity index is 2.56. The van der Waals surface area contributed by atoms with E-state index in [0.717, 1.165) is 0 Å². The summed E-state index contributed by atoms with van der Waals surface area (Å²) in [5.41, 5.74) is -0.222. The third-order valence-corrected chi connectivity index (χ3v) is 3.08. The molecule has 1 rings (SSSR count). The van der Waals surface area contributed by atoms with Gasteiger partial charge >= 0.3 is 5.82 Å². The maximum Gasteiger partial charge on any atom is 0.381 e. The monoisotopic (exact) mass is 298 g/mol. The van der Waals surface area contributed by atoms with Gasteiger partial charge in [-0.15, -0.1) is 0 Å². The maximum atomic E-state index is 11.9. The minimum Gasteiger partial charge on any atom is -0.393 e. The van der Waals surface area contributed by atoms with Gasteiger partial charge in [0, 0.05) is 13.5 Å². The lowest BCUT2D eigenvalue weighted by molar-refractivity contribution is -0.389. The topological polar surface area (TPSA) is 110 Å². The van der Waals surface area contributed by atoms with Gasteiger partial charge in [-0.2, -0.15) is 0 Å². The fraction of sp³-hybridized carbons (Fsp3) is 0.692. The number of nitro groups is 1. The number of amides is 1. The number of hydrogen-bond acceptors (Lipinski definition) is 5. The van der Waals surface area contributed by atoms with Crippen molar-refractivity contribution >= 4 is 11.7 Å². The average Bonchev–Trinajstić information content (AvgIpc) is 2.67. The van der Waals surface area contributed by atoms with Gasteiger partial charge in [-0.25, -0.2) is 0 Å². The Bertz CT molecular complexity index is 522. The Morgan fingerprint density at radius 2 is 2.24 bits per heavy atom. The molecular formula is C13H22N4O4. The van der Waals surface area contributed by atoms with E-state index in [2.05, 4.69) is 10.3 Å². The second kappa shape index (κ2) is 6.66. The van der Waals surface area contributed by atoms with Crippen LogP contribution in [0.15, 0.2) is 6.20 Å². The first-order valence-electron chi connectivity index (χ1n) is 6.73. The molecule has 0 aliphatic carbocycles. The maximum absolute atomic E-state index is 11.9. The van der Waals surface area contributed by atoms with Crippen LogP contribution in [0, 0.1) is 22.5 Å². The second-order valence-corrected chi connectivity index (χ2v) is 6.03. The number of aliphatic hydroxyl groups is 1. The van der Waals surface area contributed by atoms with Crippen molar-refractivity contribution < 1.29 is 14.8 Å². The van der Waals surface area contributed by atoms with Crippen molar-refractivity contribution in [1.29, 1.82) is 0 Å². The summed E-state index contributed by atoms with van der Waals surface area (Å²) in [5.74, 6) is -0.0982. The van der Waals surface area contributed by atoms with Gasteiger partial charge in [-0.05, 0) is 28.7 Å². The standard InChI is InChI=1S/C13H22N4O4/c1-9(18)5-13(3,4)8-14-12(19)7-16-6-11(17(20)21)15-10(16)2/h6,9,18H,5,7-8H2,1-4H3,(H,14,19). The number of rotatable bonds is 7. The Hall–Kier alpha value is -1.96. The molecule has 1 aromatic rings. The van der Waals surface area contributed by atoms with Crippen molar-refractivity contribution in [2.45, 2.75) is 46.8 Å². The first-order chi connectivity index (χ1) is 9.60. The van der Waals surface area contributed by atoms with Crippen LogP contribution in [0.25, 0.3) is 0 Å². The molecule has 1 atom stereocenters. The van der Waals surface area contributed by atoms with Gasteiger partial charge in [-0.1, -0.05) is 13.8 Å². The highest BCUT2D eigenvalue weighted by Crippen LogP contribution is 2.21. The zero-order chi connectivity index (χ0) is 16.2. The number of aliphatic hydroxyl groups excluding tert-OH is 1. The Morgan fingerprint density at radius 3 is 2.71 bits per heavy atom. The Kier molecular flexibility index (Phi) is 5.42. The van der Waals surface area contributed by atoms with Crippen LogP contribution in [-0.4, -0.2) is 38.1 Å². The van der Waals surface area contributed by atoms with Gasteiger partial charge in [0.25, 0.3) is 0 Å². The zero-order valence-electron chi connectivity index (χ0n) is 12.8. The molecule has 0 aliphatic heterocycles. The predicted octanol–water partition coefficient (Wildman–Crippen LogP) is 1.01. The van der Waals surface area contributed by atoms with E-state index in [-0.39, 0.29) is 23.7 Å². The minimum absolute atomic E-state index is 0.0164. The summed E-state index contributed by atoms with van der Waals surface area (Å²) in [4.78, 5) is 25.7. The molecule has 0 bridgehead atoms. The van der Waals surface area contributed by atoms with Crippen LogP contribution in [0.5, 0.6) is 0 Å². The van der Waals surface area contributed by atoms with E-state index in [1.54, 1.807) is 13.8 Å². The molecule has 0 spiro atoms. The first kappa shape index (κ1) is 17.1. The van der Waals surface area contributed by atoms with E-state index in [1.807, 2.05) is 13.8 Å². The zero-order valence-corrected chi connectivity index (χ0v) is 12.8. The highest BCUT2D eigenvalue weighted by Gasteiger charge is 2.22. The molecule has 2 N–H and O–H groups in total. The number of nitrogens with one attached hydrogen (secondary N) is 1. The van der Waals surface area contributed by atoms with E-state index in [4.69, 9.17) is 0 Å². The van der Waals surface area contributed by atoms with Crippen LogP contribution in [0.4, 0.5) is 5.82 Å². The van der Waals surface area contributed by atoms with Crippen molar-refractivity contribution in [2.75, 3.05) is 6.54 Å². The highest BCUT2D eigenvalue weighted by atomic mass is 16.6. The summed E-state index contributed by atoms with van der Waals surface area (Å²) >= 11 is 0. The molecule has 0 saturated carbocycles. The number of carbonyl (C=O) groups excluding carboxylic acids is 1. The summed E-state index contributed by atoms with van der Waals surface area (Å²) in [5, 5.41) is 22.8. The smallest absolute Gasteiger partial charge is 0.381 e. The molecular weight excluding hydrogens is 276 g/mol. The number of carbonyl (C=O) groups is 1. The third kappa shape index (κ3) is 5.50. The van der Waals surface area contributed by atoms with Crippen LogP contribution in [0.2, 0.25) is 0 Å². The number of aromatic nitrogens is 2. The Labute approximate surface area is 123 Å². The fourth-order valence-corrected chi connectivity index (χ4v) is 2.16. The molecule has 1 heterocycles. The summed E-state index contributed by atoms with van der Waals surface area (Å²) in [6, 6.07) is 0. The second-order valence-electron chi connectivity index (χ2n) is 6.03. The Morgan fingerprint density at radius 1 is 1.62 bits per heavy atom. The van der Waals surface area contributed by atoms with Gasteiger partial charge in [-0.3, -0.25) is 9.36 Å². The first-order valence-corrected chi connectivity index (χ1v) is 6.73. The largest absolute Gasteiger partial charge is 0.393 e. The summed E-state index contributed by atoms with van der Waals surface area (Å²) < 4.78 is 1.44. The van der Waals surface area contributed by atoms with Crippen LogP contribution in [0.3, 0.4) is 0 Å².